The summed E-state index contributed by atoms with van der Waals surface area (Å²) in [5.74, 6) is 1.71. The average Bonchev–Trinajstić information content (AvgIpc) is 3.75. The van der Waals surface area contributed by atoms with E-state index in [1.807, 2.05) is 0 Å². The minimum Gasteiger partial charge on any atom is -0.456 e. The van der Waals surface area contributed by atoms with E-state index in [4.69, 9.17) is 4.74 Å². The molecule has 3 aliphatic carbocycles. The van der Waals surface area contributed by atoms with E-state index >= 15 is 0 Å². The highest BCUT2D eigenvalue weighted by Crippen LogP contribution is 2.63. The van der Waals surface area contributed by atoms with Crippen LogP contribution in [-0.4, -0.2) is 0 Å². The van der Waals surface area contributed by atoms with Gasteiger partial charge in [0.1, 0.15) is 11.5 Å². The van der Waals surface area contributed by atoms with Crippen molar-refractivity contribution in [1.29, 1.82) is 0 Å². The first-order valence-corrected chi connectivity index (χ1v) is 25.2. The van der Waals surface area contributed by atoms with Gasteiger partial charge in [-0.05, 0) is 149 Å². The third-order valence-electron chi connectivity index (χ3n) is 16.3. The number of para-hydroxylation sites is 1. The van der Waals surface area contributed by atoms with Crippen molar-refractivity contribution in [1.82, 2.24) is 0 Å². The van der Waals surface area contributed by atoms with Gasteiger partial charge in [-0.25, -0.2) is 0 Å². The first-order valence-electron chi connectivity index (χ1n) is 25.2. The fraction of sp³-hybridized carbons (Fsp3) is 0.0571. The molecule has 2 nitrogen and oxygen atoms in total. The summed E-state index contributed by atoms with van der Waals surface area (Å²) in [7, 11) is 0. The molecule has 15 rings (SSSR count). The highest BCUT2D eigenvalue weighted by molar-refractivity contribution is 6.01. The van der Waals surface area contributed by atoms with Crippen molar-refractivity contribution < 1.29 is 4.74 Å². The highest BCUT2D eigenvalue weighted by Gasteiger charge is 2.50. The first-order chi connectivity index (χ1) is 35.5. The van der Waals surface area contributed by atoms with Crippen molar-refractivity contribution in [2.45, 2.75) is 24.7 Å². The highest BCUT2D eigenvalue weighted by atomic mass is 16.5. The van der Waals surface area contributed by atoms with Crippen LogP contribution in [0.2, 0.25) is 0 Å². The molecular formula is C70H47NO. The summed E-state index contributed by atoms with van der Waals surface area (Å²) in [5, 5.41) is 0. The zero-order valence-corrected chi connectivity index (χ0v) is 40.0. The third-order valence-corrected chi connectivity index (χ3v) is 16.3. The molecule has 0 saturated heterocycles. The molecule has 0 amide bonds. The molecule has 1 heterocycles. The molecule has 1 spiro atoms. The Hall–Kier alpha value is -8.98. The molecule has 0 unspecified atom stereocenters. The van der Waals surface area contributed by atoms with Crippen LogP contribution in [-0.2, 0) is 10.8 Å². The Morgan fingerprint density at radius 1 is 0.278 bits per heavy atom. The van der Waals surface area contributed by atoms with Crippen molar-refractivity contribution in [3.05, 3.63) is 282 Å². The molecule has 0 radical (unpaired) electrons. The molecule has 0 saturated carbocycles. The maximum atomic E-state index is 6.77. The lowest BCUT2D eigenvalue weighted by Crippen LogP contribution is -2.29. The van der Waals surface area contributed by atoms with Gasteiger partial charge >= 0.3 is 0 Å². The molecule has 0 atom stereocenters. The van der Waals surface area contributed by atoms with Gasteiger partial charge in [0.25, 0.3) is 0 Å². The van der Waals surface area contributed by atoms with Gasteiger partial charge in [0, 0.05) is 33.6 Å². The van der Waals surface area contributed by atoms with Gasteiger partial charge in [-0.15, -0.1) is 0 Å². The van der Waals surface area contributed by atoms with Gasteiger partial charge in [-0.2, -0.15) is 0 Å². The summed E-state index contributed by atoms with van der Waals surface area (Å²) in [4.78, 5) is 2.43. The molecule has 11 aromatic carbocycles. The molecule has 4 aliphatic rings. The monoisotopic (exact) mass is 917 g/mol. The van der Waals surface area contributed by atoms with Crippen LogP contribution in [0.25, 0.3) is 77.9 Å². The summed E-state index contributed by atoms with van der Waals surface area (Å²) in [5.41, 5.74) is 27.7. The van der Waals surface area contributed by atoms with Gasteiger partial charge in [0.2, 0.25) is 0 Å². The maximum absolute atomic E-state index is 6.77. The van der Waals surface area contributed by atoms with Crippen molar-refractivity contribution in [2.24, 2.45) is 0 Å². The van der Waals surface area contributed by atoms with Gasteiger partial charge in [0.05, 0.1) is 5.41 Å². The molecule has 0 N–H and O–H groups in total. The smallest absolute Gasteiger partial charge is 0.135 e. The van der Waals surface area contributed by atoms with Crippen molar-refractivity contribution >= 4 is 17.1 Å². The van der Waals surface area contributed by atoms with Gasteiger partial charge in [0.15, 0.2) is 0 Å². The van der Waals surface area contributed by atoms with Crippen LogP contribution in [0, 0.1) is 0 Å². The zero-order chi connectivity index (χ0) is 47.7. The molecule has 338 valence electrons. The molecule has 0 aromatic heterocycles. The standard InChI is InChI=1S/C70H47NO/c1-69(2)60-28-12-7-24-55(60)56-40-38-47(43-65(56)69)71(46-39-41-67-59(42-46)52-21-6-5-20-51(52)57-25-11-16-33-66(57)72-67)45-36-34-44(35-37-45)48-27-17-32-64-68(48)58-26-10-15-31-63(58)70(64)61-29-13-8-22-53(61)49-18-3-4-19-50(49)54-23-9-14-30-62(54)70/h3-43H,1-2H3. The van der Waals surface area contributed by atoms with Crippen LogP contribution in [0.1, 0.15) is 47.2 Å². The SMILES string of the molecule is CC1(C)c2ccccc2-c2ccc(N(c3ccc(-c4cccc5c4-c4ccccc4C54c5ccccc5-c5ccccc5-c5ccccc54)cc3)c3ccc4c(c3)-c3ccccc3-c3ccccc3O4)cc21. The molecule has 72 heavy (non-hydrogen) atoms. The first kappa shape index (κ1) is 40.9. The summed E-state index contributed by atoms with van der Waals surface area (Å²) in [6.45, 7) is 4.72. The molecule has 11 aromatic rings. The van der Waals surface area contributed by atoms with E-state index in [1.165, 1.54) is 89.0 Å². The number of ether oxygens (including phenoxy) is 1. The Morgan fingerprint density at radius 2 is 0.694 bits per heavy atom. The average molecular weight is 918 g/mol. The summed E-state index contributed by atoms with van der Waals surface area (Å²) < 4.78 is 6.77. The molecule has 0 bridgehead atoms. The van der Waals surface area contributed by atoms with Crippen LogP contribution in [0.4, 0.5) is 17.1 Å². The Morgan fingerprint density at radius 3 is 1.35 bits per heavy atom. The van der Waals surface area contributed by atoms with Gasteiger partial charge in [-0.1, -0.05) is 214 Å². The van der Waals surface area contributed by atoms with Crippen LogP contribution in [0.5, 0.6) is 11.5 Å². The number of hydrogen-bond donors (Lipinski definition) is 0. The number of rotatable bonds is 4. The summed E-state index contributed by atoms with van der Waals surface area (Å²) in [6.07, 6.45) is 0. The second-order valence-electron chi connectivity index (χ2n) is 20.3. The maximum Gasteiger partial charge on any atom is 0.135 e. The number of anilines is 3. The van der Waals surface area contributed by atoms with E-state index < -0.39 is 5.41 Å². The molecule has 1 aliphatic heterocycles. The number of nitrogens with zero attached hydrogens (tertiary/aromatic N) is 1. The van der Waals surface area contributed by atoms with Crippen LogP contribution in [0.3, 0.4) is 0 Å². The minimum atomic E-state index is -0.541. The Labute approximate surface area is 420 Å². The predicted molar refractivity (Wildman–Crippen MR) is 297 cm³/mol. The lowest BCUT2D eigenvalue weighted by Gasteiger charge is -2.35. The normalized spacial score (nSPS) is 14.0. The Balaban J connectivity index is 0.917. The lowest BCUT2D eigenvalue weighted by molar-refractivity contribution is 0.488. The molecule has 2 heteroatoms. The Bertz CT molecular complexity index is 4000. The van der Waals surface area contributed by atoms with Crippen LogP contribution in [0.15, 0.2) is 249 Å². The third kappa shape index (κ3) is 5.61. The fourth-order valence-electron chi connectivity index (χ4n) is 13.2. The number of hydrogen-bond acceptors (Lipinski definition) is 2. The topological polar surface area (TPSA) is 12.5 Å². The summed E-state index contributed by atoms with van der Waals surface area (Å²) >= 11 is 0. The molecule has 0 fully saturated rings. The van der Waals surface area contributed by atoms with E-state index in [9.17, 15) is 0 Å². The van der Waals surface area contributed by atoms with Crippen LogP contribution >= 0.6 is 0 Å². The second-order valence-corrected chi connectivity index (χ2v) is 20.3. The minimum absolute atomic E-state index is 0.160. The van der Waals surface area contributed by atoms with Gasteiger partial charge in [-0.3, -0.25) is 0 Å². The second kappa shape index (κ2) is 15.3. The van der Waals surface area contributed by atoms with E-state index in [-0.39, 0.29) is 5.41 Å². The van der Waals surface area contributed by atoms with Gasteiger partial charge < -0.3 is 9.64 Å². The van der Waals surface area contributed by atoms with E-state index in [0.717, 1.165) is 50.8 Å². The Kier molecular flexibility index (Phi) is 8.66. The zero-order valence-electron chi connectivity index (χ0n) is 40.0. The lowest BCUT2D eigenvalue weighted by atomic mass is 9.66. The predicted octanol–water partition coefficient (Wildman–Crippen LogP) is 18.6. The number of benzene rings is 11. The molecular weight excluding hydrogens is 871 g/mol. The van der Waals surface area contributed by atoms with Crippen molar-refractivity contribution in [2.75, 3.05) is 4.90 Å². The number of fused-ring (bicyclic) bond motifs is 20. The summed E-state index contributed by atoms with van der Waals surface area (Å²) in [6, 6.07) is 92.4. The van der Waals surface area contributed by atoms with E-state index in [0.29, 0.717) is 0 Å². The van der Waals surface area contributed by atoms with E-state index in [2.05, 4.69) is 267 Å². The quantitative estimate of drug-likeness (QED) is 0.174. The fourth-order valence-corrected chi connectivity index (χ4v) is 13.2. The van der Waals surface area contributed by atoms with Crippen molar-refractivity contribution in [3.63, 3.8) is 0 Å². The van der Waals surface area contributed by atoms with E-state index in [1.54, 1.807) is 0 Å². The van der Waals surface area contributed by atoms with Crippen LogP contribution < -0.4 is 9.64 Å². The van der Waals surface area contributed by atoms with Crippen molar-refractivity contribution in [3.8, 4) is 89.4 Å². The largest absolute Gasteiger partial charge is 0.456 e.